The normalized spacial score (nSPS) is 16.9. The molecule has 1 fully saturated rings. The van der Waals surface area contributed by atoms with Crippen LogP contribution in [0.3, 0.4) is 0 Å². The SMILES string of the molecule is CS(=O)(=O)Nc1ccc([N+](=O)[O-])cc1C1CCCCC1. The Balaban J connectivity index is 2.41. The van der Waals surface area contributed by atoms with Gasteiger partial charge in [-0.1, -0.05) is 19.3 Å². The van der Waals surface area contributed by atoms with Crippen LogP contribution in [-0.2, 0) is 10.0 Å². The first-order chi connectivity index (χ1) is 9.37. The van der Waals surface area contributed by atoms with Crippen LogP contribution in [0.4, 0.5) is 11.4 Å². The maximum absolute atomic E-state index is 11.4. The van der Waals surface area contributed by atoms with E-state index in [9.17, 15) is 18.5 Å². The lowest BCUT2D eigenvalue weighted by Gasteiger charge is -2.24. The van der Waals surface area contributed by atoms with Gasteiger partial charge < -0.3 is 0 Å². The van der Waals surface area contributed by atoms with Gasteiger partial charge in [0.05, 0.1) is 16.9 Å². The van der Waals surface area contributed by atoms with E-state index in [1.165, 1.54) is 24.6 Å². The van der Waals surface area contributed by atoms with Crippen LogP contribution < -0.4 is 4.72 Å². The fraction of sp³-hybridized carbons (Fsp3) is 0.538. The Kier molecular flexibility index (Phi) is 4.27. The molecule has 1 aliphatic rings. The smallest absolute Gasteiger partial charge is 0.269 e. The Morgan fingerprint density at radius 1 is 1.25 bits per heavy atom. The summed E-state index contributed by atoms with van der Waals surface area (Å²) in [7, 11) is -3.39. The summed E-state index contributed by atoms with van der Waals surface area (Å²) in [6.07, 6.45) is 6.29. The maximum Gasteiger partial charge on any atom is 0.269 e. The van der Waals surface area contributed by atoms with Gasteiger partial charge in [-0.3, -0.25) is 14.8 Å². The van der Waals surface area contributed by atoms with E-state index in [0.29, 0.717) is 5.69 Å². The number of hydrogen-bond acceptors (Lipinski definition) is 4. The molecule has 0 amide bonds. The number of benzene rings is 1. The highest BCUT2D eigenvalue weighted by Gasteiger charge is 2.22. The lowest BCUT2D eigenvalue weighted by Crippen LogP contribution is -2.14. The van der Waals surface area contributed by atoms with E-state index in [2.05, 4.69) is 4.72 Å². The third-order valence-corrected chi connectivity index (χ3v) is 4.18. The second-order valence-electron chi connectivity index (χ2n) is 5.24. The number of sulfonamides is 1. The minimum absolute atomic E-state index is 0.00428. The Hall–Kier alpha value is -1.63. The monoisotopic (exact) mass is 298 g/mol. The molecule has 0 saturated heterocycles. The van der Waals surface area contributed by atoms with Gasteiger partial charge in [0.1, 0.15) is 0 Å². The molecule has 0 heterocycles. The number of nitro groups is 1. The number of nitrogens with one attached hydrogen (secondary N) is 1. The third kappa shape index (κ3) is 3.69. The second-order valence-corrected chi connectivity index (χ2v) is 6.99. The lowest BCUT2D eigenvalue weighted by molar-refractivity contribution is -0.384. The summed E-state index contributed by atoms with van der Waals surface area (Å²) in [6.45, 7) is 0. The standard InChI is InChI=1S/C13H18N2O4S/c1-20(18,19)14-13-8-7-11(15(16)17)9-12(13)10-5-3-2-4-6-10/h7-10,14H,2-6H2,1H3. The fourth-order valence-electron chi connectivity index (χ4n) is 2.71. The Labute approximate surface area is 118 Å². The van der Waals surface area contributed by atoms with Crippen molar-refractivity contribution in [2.75, 3.05) is 11.0 Å². The van der Waals surface area contributed by atoms with Gasteiger partial charge in [-0.15, -0.1) is 0 Å². The highest BCUT2D eigenvalue weighted by Crippen LogP contribution is 2.38. The molecular weight excluding hydrogens is 280 g/mol. The molecule has 110 valence electrons. The summed E-state index contributed by atoms with van der Waals surface area (Å²) in [5, 5.41) is 10.9. The Bertz CT molecular complexity index is 607. The van der Waals surface area contributed by atoms with Crippen LogP contribution in [0.5, 0.6) is 0 Å². The number of hydrogen-bond donors (Lipinski definition) is 1. The maximum atomic E-state index is 11.4. The van der Waals surface area contributed by atoms with Crippen LogP contribution in [-0.4, -0.2) is 19.6 Å². The van der Waals surface area contributed by atoms with Gasteiger partial charge in [0.15, 0.2) is 0 Å². The van der Waals surface area contributed by atoms with Crippen LogP contribution >= 0.6 is 0 Å². The van der Waals surface area contributed by atoms with E-state index in [0.717, 1.165) is 37.5 Å². The minimum Gasteiger partial charge on any atom is -0.283 e. The minimum atomic E-state index is -3.39. The average Bonchev–Trinajstić information content (AvgIpc) is 2.38. The molecular formula is C13H18N2O4S. The Morgan fingerprint density at radius 2 is 1.90 bits per heavy atom. The Morgan fingerprint density at radius 3 is 2.45 bits per heavy atom. The number of nitro benzene ring substituents is 1. The van der Waals surface area contributed by atoms with E-state index < -0.39 is 14.9 Å². The summed E-state index contributed by atoms with van der Waals surface area (Å²) in [5.41, 5.74) is 1.21. The number of non-ortho nitro benzene ring substituents is 1. The van der Waals surface area contributed by atoms with Crippen molar-refractivity contribution in [3.05, 3.63) is 33.9 Å². The van der Waals surface area contributed by atoms with Crippen molar-refractivity contribution in [2.45, 2.75) is 38.0 Å². The summed E-state index contributed by atoms with van der Waals surface area (Å²) in [5.74, 6) is 0.188. The van der Waals surface area contributed by atoms with E-state index >= 15 is 0 Å². The van der Waals surface area contributed by atoms with Crippen LogP contribution in [0.25, 0.3) is 0 Å². The zero-order chi connectivity index (χ0) is 14.8. The first-order valence-electron chi connectivity index (χ1n) is 6.63. The first-order valence-corrected chi connectivity index (χ1v) is 8.52. The molecule has 0 atom stereocenters. The van der Waals surface area contributed by atoms with Crippen molar-refractivity contribution in [1.29, 1.82) is 0 Å². The molecule has 1 N–H and O–H groups in total. The van der Waals surface area contributed by atoms with Gasteiger partial charge in [-0.2, -0.15) is 0 Å². The zero-order valence-corrected chi connectivity index (χ0v) is 12.1. The van der Waals surface area contributed by atoms with Crippen molar-refractivity contribution in [3.63, 3.8) is 0 Å². The van der Waals surface area contributed by atoms with Gasteiger partial charge >= 0.3 is 0 Å². The van der Waals surface area contributed by atoms with Crippen molar-refractivity contribution in [3.8, 4) is 0 Å². The van der Waals surface area contributed by atoms with Gasteiger partial charge in [0, 0.05) is 12.1 Å². The molecule has 1 aromatic rings. The highest BCUT2D eigenvalue weighted by molar-refractivity contribution is 7.92. The molecule has 0 aliphatic heterocycles. The largest absolute Gasteiger partial charge is 0.283 e. The van der Waals surface area contributed by atoms with Crippen LogP contribution in [0.15, 0.2) is 18.2 Å². The van der Waals surface area contributed by atoms with Crippen molar-refractivity contribution in [1.82, 2.24) is 0 Å². The van der Waals surface area contributed by atoms with E-state index in [4.69, 9.17) is 0 Å². The summed E-state index contributed by atoms with van der Waals surface area (Å²) < 4.78 is 25.3. The van der Waals surface area contributed by atoms with Crippen LogP contribution in [0.2, 0.25) is 0 Å². The third-order valence-electron chi connectivity index (χ3n) is 3.59. The van der Waals surface area contributed by atoms with Gasteiger partial charge in [0.2, 0.25) is 10.0 Å². The summed E-state index contributed by atoms with van der Waals surface area (Å²) >= 11 is 0. The van der Waals surface area contributed by atoms with E-state index in [1.54, 1.807) is 0 Å². The van der Waals surface area contributed by atoms with Gasteiger partial charge in [0.25, 0.3) is 5.69 Å². The fourth-order valence-corrected chi connectivity index (χ4v) is 3.29. The topological polar surface area (TPSA) is 89.3 Å². The van der Waals surface area contributed by atoms with Gasteiger partial charge in [-0.25, -0.2) is 8.42 Å². The number of nitrogens with zero attached hydrogens (tertiary/aromatic N) is 1. The summed E-state index contributed by atoms with van der Waals surface area (Å²) in [4.78, 5) is 10.5. The van der Waals surface area contributed by atoms with Crippen LogP contribution in [0, 0.1) is 10.1 Å². The molecule has 1 aromatic carbocycles. The number of anilines is 1. The predicted octanol–water partition coefficient (Wildman–Crippen LogP) is 3.01. The molecule has 1 saturated carbocycles. The number of rotatable bonds is 4. The lowest BCUT2D eigenvalue weighted by atomic mass is 9.83. The van der Waals surface area contributed by atoms with E-state index in [-0.39, 0.29) is 11.6 Å². The molecule has 7 heteroatoms. The predicted molar refractivity (Wildman–Crippen MR) is 77.4 cm³/mol. The molecule has 1 aliphatic carbocycles. The van der Waals surface area contributed by atoms with Crippen molar-refractivity contribution >= 4 is 21.4 Å². The molecule has 2 rings (SSSR count). The molecule has 0 aromatic heterocycles. The van der Waals surface area contributed by atoms with Crippen molar-refractivity contribution < 1.29 is 13.3 Å². The first kappa shape index (κ1) is 14.8. The highest BCUT2D eigenvalue weighted by atomic mass is 32.2. The van der Waals surface area contributed by atoms with E-state index in [1.807, 2.05) is 0 Å². The average molecular weight is 298 g/mol. The van der Waals surface area contributed by atoms with Crippen molar-refractivity contribution in [2.24, 2.45) is 0 Å². The quantitative estimate of drug-likeness (QED) is 0.683. The molecule has 0 spiro atoms. The molecule has 20 heavy (non-hydrogen) atoms. The second kappa shape index (κ2) is 5.78. The van der Waals surface area contributed by atoms with Crippen LogP contribution in [0.1, 0.15) is 43.6 Å². The molecule has 0 bridgehead atoms. The molecule has 0 unspecified atom stereocenters. The summed E-state index contributed by atoms with van der Waals surface area (Å²) in [6, 6.07) is 4.33. The molecule has 0 radical (unpaired) electrons. The zero-order valence-electron chi connectivity index (χ0n) is 11.3. The van der Waals surface area contributed by atoms with Gasteiger partial charge in [-0.05, 0) is 30.4 Å². The molecule has 6 nitrogen and oxygen atoms in total.